The van der Waals surface area contributed by atoms with Crippen LogP contribution in [0.3, 0.4) is 0 Å². The molecule has 1 atom stereocenters. The largest absolute Gasteiger partial charge is 0.341 e. The van der Waals surface area contributed by atoms with Gasteiger partial charge in [-0.3, -0.25) is 4.79 Å². The quantitative estimate of drug-likeness (QED) is 0.712. The van der Waals surface area contributed by atoms with Gasteiger partial charge in [0, 0.05) is 24.1 Å². The standard InChI is InChI=1S/C23H31NOS/c1-16-4-2-3-5-20(16)21-6-7-24(8-9-26-21)22(25)23-13-17-10-18(14-23)12-19(11-17)15-23/h2-5,17-19,21H,6-15H2,1H3/t17?,18?,19?,21-,23?/m1/s1. The Morgan fingerprint density at radius 3 is 2.35 bits per heavy atom. The third kappa shape index (κ3) is 2.91. The molecule has 140 valence electrons. The maximum absolute atomic E-state index is 13.6. The average molecular weight is 370 g/mol. The van der Waals surface area contributed by atoms with Crippen LogP contribution >= 0.6 is 11.8 Å². The first-order valence-electron chi connectivity index (χ1n) is 10.6. The molecule has 4 bridgehead atoms. The van der Waals surface area contributed by atoms with Gasteiger partial charge in [-0.1, -0.05) is 24.3 Å². The van der Waals surface area contributed by atoms with E-state index in [9.17, 15) is 4.79 Å². The van der Waals surface area contributed by atoms with Crippen LogP contribution in [0.5, 0.6) is 0 Å². The van der Waals surface area contributed by atoms with Gasteiger partial charge in [-0.15, -0.1) is 0 Å². The van der Waals surface area contributed by atoms with Crippen LogP contribution in [0.4, 0.5) is 0 Å². The summed E-state index contributed by atoms with van der Waals surface area (Å²) in [4.78, 5) is 15.9. The Balaban J connectivity index is 1.31. The molecular formula is C23H31NOS. The molecular weight excluding hydrogens is 338 g/mol. The molecule has 1 aromatic rings. The van der Waals surface area contributed by atoms with Gasteiger partial charge in [0.1, 0.15) is 0 Å². The minimum atomic E-state index is 0.0297. The van der Waals surface area contributed by atoms with E-state index >= 15 is 0 Å². The highest BCUT2D eigenvalue weighted by Gasteiger charge is 2.55. The monoisotopic (exact) mass is 369 g/mol. The summed E-state index contributed by atoms with van der Waals surface area (Å²) in [6.07, 6.45) is 8.94. The second kappa shape index (κ2) is 6.58. The summed E-state index contributed by atoms with van der Waals surface area (Å²) >= 11 is 2.06. The Morgan fingerprint density at radius 2 is 1.69 bits per heavy atom. The zero-order valence-electron chi connectivity index (χ0n) is 16.0. The van der Waals surface area contributed by atoms with Gasteiger partial charge in [-0.2, -0.15) is 11.8 Å². The molecule has 3 heteroatoms. The Kier molecular flexibility index (Phi) is 4.34. The SMILES string of the molecule is Cc1ccccc1[C@H]1CCN(C(=O)C23CC4CC(CC(C4)C2)C3)CCS1. The zero-order valence-corrected chi connectivity index (χ0v) is 16.8. The van der Waals surface area contributed by atoms with E-state index in [2.05, 4.69) is 47.9 Å². The molecule has 1 amide bonds. The number of thioether (sulfide) groups is 1. The number of nitrogens with zero attached hydrogens (tertiary/aromatic N) is 1. The van der Waals surface area contributed by atoms with Crippen molar-refractivity contribution >= 4 is 17.7 Å². The number of amides is 1. The van der Waals surface area contributed by atoms with E-state index in [4.69, 9.17) is 0 Å². The number of hydrogen-bond acceptors (Lipinski definition) is 2. The first kappa shape index (κ1) is 17.2. The number of carbonyl (C=O) groups excluding carboxylic acids is 1. The summed E-state index contributed by atoms with van der Waals surface area (Å²) in [6.45, 7) is 4.12. The van der Waals surface area contributed by atoms with Crippen LogP contribution in [0.1, 0.15) is 61.3 Å². The molecule has 0 spiro atoms. The van der Waals surface area contributed by atoms with Crippen LogP contribution in [-0.2, 0) is 4.79 Å². The highest BCUT2D eigenvalue weighted by atomic mass is 32.2. The molecule has 26 heavy (non-hydrogen) atoms. The Labute approximate surface area is 162 Å². The van der Waals surface area contributed by atoms with E-state index in [1.807, 2.05) is 0 Å². The van der Waals surface area contributed by atoms with Crippen molar-refractivity contribution in [2.75, 3.05) is 18.8 Å². The fraction of sp³-hybridized carbons (Fsp3) is 0.696. The fourth-order valence-electron chi connectivity index (χ4n) is 6.88. The van der Waals surface area contributed by atoms with E-state index in [0.29, 0.717) is 11.2 Å². The molecule has 0 radical (unpaired) electrons. The van der Waals surface area contributed by atoms with E-state index in [1.165, 1.54) is 49.7 Å². The summed E-state index contributed by atoms with van der Waals surface area (Å²) in [5.41, 5.74) is 2.90. The lowest BCUT2D eigenvalue weighted by Crippen LogP contribution is -2.54. The minimum Gasteiger partial charge on any atom is -0.341 e. The minimum absolute atomic E-state index is 0.0297. The van der Waals surface area contributed by atoms with Crippen LogP contribution in [0, 0.1) is 30.1 Å². The van der Waals surface area contributed by atoms with E-state index < -0.39 is 0 Å². The number of benzene rings is 1. The van der Waals surface area contributed by atoms with Gasteiger partial charge < -0.3 is 4.90 Å². The third-order valence-electron chi connectivity index (χ3n) is 7.66. The predicted molar refractivity (Wildman–Crippen MR) is 108 cm³/mol. The molecule has 5 aliphatic rings. The van der Waals surface area contributed by atoms with Gasteiger partial charge in [-0.05, 0) is 80.8 Å². The van der Waals surface area contributed by atoms with Crippen LogP contribution in [-0.4, -0.2) is 29.6 Å². The van der Waals surface area contributed by atoms with Gasteiger partial charge in [0.15, 0.2) is 0 Å². The Hall–Kier alpha value is -0.960. The van der Waals surface area contributed by atoms with Crippen molar-refractivity contribution in [3.05, 3.63) is 35.4 Å². The van der Waals surface area contributed by atoms with E-state index in [1.54, 1.807) is 0 Å². The lowest BCUT2D eigenvalue weighted by Gasteiger charge is -2.56. The number of aryl methyl sites for hydroxylation is 1. The van der Waals surface area contributed by atoms with Crippen LogP contribution in [0.2, 0.25) is 0 Å². The van der Waals surface area contributed by atoms with Gasteiger partial charge in [-0.25, -0.2) is 0 Å². The highest BCUT2D eigenvalue weighted by molar-refractivity contribution is 7.99. The highest BCUT2D eigenvalue weighted by Crippen LogP contribution is 2.60. The second-order valence-electron chi connectivity index (χ2n) is 9.49. The van der Waals surface area contributed by atoms with Crippen molar-refractivity contribution in [1.29, 1.82) is 0 Å². The molecule has 0 aromatic heterocycles. The third-order valence-corrected chi connectivity index (χ3v) is 8.97. The first-order chi connectivity index (χ1) is 12.6. The van der Waals surface area contributed by atoms with Gasteiger partial charge in [0.25, 0.3) is 0 Å². The first-order valence-corrected chi connectivity index (χ1v) is 11.6. The number of rotatable bonds is 2. The molecule has 6 rings (SSSR count). The lowest BCUT2D eigenvalue weighted by atomic mass is 9.49. The average Bonchev–Trinajstić information content (AvgIpc) is 2.86. The molecule has 2 nitrogen and oxygen atoms in total. The Morgan fingerprint density at radius 1 is 1.04 bits per heavy atom. The number of carbonyl (C=O) groups is 1. The summed E-state index contributed by atoms with van der Waals surface area (Å²) in [6, 6.07) is 8.79. The van der Waals surface area contributed by atoms with Crippen molar-refractivity contribution in [2.45, 2.75) is 57.1 Å². The molecule has 1 aromatic carbocycles. The summed E-state index contributed by atoms with van der Waals surface area (Å²) < 4.78 is 0. The van der Waals surface area contributed by atoms with Gasteiger partial charge >= 0.3 is 0 Å². The maximum atomic E-state index is 13.6. The fourth-order valence-corrected chi connectivity index (χ4v) is 8.20. The zero-order chi connectivity index (χ0) is 17.7. The molecule has 1 saturated heterocycles. The van der Waals surface area contributed by atoms with Crippen molar-refractivity contribution in [1.82, 2.24) is 4.90 Å². The molecule has 4 saturated carbocycles. The van der Waals surface area contributed by atoms with Crippen LogP contribution in [0.15, 0.2) is 24.3 Å². The molecule has 0 N–H and O–H groups in total. The van der Waals surface area contributed by atoms with Crippen molar-refractivity contribution < 1.29 is 4.79 Å². The molecule has 0 unspecified atom stereocenters. The summed E-state index contributed by atoms with van der Waals surface area (Å²) in [7, 11) is 0. The van der Waals surface area contributed by atoms with Crippen LogP contribution < -0.4 is 0 Å². The normalized spacial score (nSPS) is 39.0. The molecule has 1 heterocycles. The molecule has 4 aliphatic carbocycles. The van der Waals surface area contributed by atoms with Crippen molar-refractivity contribution in [3.8, 4) is 0 Å². The Bertz CT molecular complexity index is 664. The lowest BCUT2D eigenvalue weighted by molar-refractivity contribution is -0.157. The smallest absolute Gasteiger partial charge is 0.228 e. The van der Waals surface area contributed by atoms with Gasteiger partial charge in [0.05, 0.1) is 5.41 Å². The van der Waals surface area contributed by atoms with E-state index in [-0.39, 0.29) is 5.41 Å². The van der Waals surface area contributed by atoms with Crippen molar-refractivity contribution in [3.63, 3.8) is 0 Å². The molecule has 5 fully saturated rings. The molecule has 1 aliphatic heterocycles. The second-order valence-corrected chi connectivity index (χ2v) is 10.8. The summed E-state index contributed by atoms with van der Waals surface area (Å²) in [5, 5.41) is 0.547. The van der Waals surface area contributed by atoms with Gasteiger partial charge in [0.2, 0.25) is 5.91 Å². The topological polar surface area (TPSA) is 20.3 Å². The predicted octanol–water partition coefficient (Wildman–Crippen LogP) is 5.22. The van der Waals surface area contributed by atoms with Crippen molar-refractivity contribution in [2.24, 2.45) is 23.2 Å². The van der Waals surface area contributed by atoms with Crippen LogP contribution in [0.25, 0.3) is 0 Å². The summed E-state index contributed by atoms with van der Waals surface area (Å²) in [5.74, 6) is 4.17. The van der Waals surface area contributed by atoms with E-state index in [0.717, 1.165) is 43.0 Å². The maximum Gasteiger partial charge on any atom is 0.228 e. The number of hydrogen-bond donors (Lipinski definition) is 0.